The number of nitrogens with two attached hydrogens (primary N) is 1. The lowest BCUT2D eigenvalue weighted by atomic mass is 10.1. The summed E-state index contributed by atoms with van der Waals surface area (Å²) in [6.07, 6.45) is 4.29. The molecule has 5 heteroatoms. The lowest BCUT2D eigenvalue weighted by molar-refractivity contribution is 0.0422. The Bertz CT molecular complexity index is 928. The van der Waals surface area contributed by atoms with Gasteiger partial charge in [0, 0.05) is 42.6 Å². The van der Waals surface area contributed by atoms with Crippen LogP contribution in [-0.2, 0) is 4.74 Å². The van der Waals surface area contributed by atoms with Crippen LogP contribution in [0, 0.1) is 12.7 Å². The quantitative estimate of drug-likeness (QED) is 0.741. The minimum Gasteiger partial charge on any atom is -0.377 e. The van der Waals surface area contributed by atoms with Gasteiger partial charge in [-0.1, -0.05) is 12.1 Å². The molecule has 1 aromatic heterocycles. The summed E-state index contributed by atoms with van der Waals surface area (Å²) >= 11 is 0. The minimum atomic E-state index is -0.176. The van der Waals surface area contributed by atoms with Crippen LogP contribution in [0.25, 0.3) is 16.6 Å². The predicted octanol–water partition coefficient (Wildman–Crippen LogP) is 4.02. The Morgan fingerprint density at radius 3 is 2.67 bits per heavy atom. The fourth-order valence-corrected chi connectivity index (χ4v) is 3.96. The van der Waals surface area contributed by atoms with Gasteiger partial charge in [0.25, 0.3) is 0 Å². The van der Waals surface area contributed by atoms with E-state index in [1.165, 1.54) is 11.8 Å². The number of aromatic nitrogens is 1. The highest BCUT2D eigenvalue weighted by Gasteiger charge is 2.20. The zero-order chi connectivity index (χ0) is 18.8. The number of aryl methyl sites for hydroxylation is 1. The van der Waals surface area contributed by atoms with Gasteiger partial charge in [-0.05, 0) is 55.7 Å². The third-order valence-electron chi connectivity index (χ3n) is 5.38. The summed E-state index contributed by atoms with van der Waals surface area (Å²) in [7, 11) is 0. The summed E-state index contributed by atoms with van der Waals surface area (Å²) in [5, 5.41) is 0.665. The van der Waals surface area contributed by atoms with Crippen LogP contribution < -0.4 is 10.6 Å². The Morgan fingerprint density at radius 1 is 1.11 bits per heavy atom. The van der Waals surface area contributed by atoms with Gasteiger partial charge in [0.2, 0.25) is 0 Å². The average Bonchev–Trinajstić information content (AvgIpc) is 3.16. The number of nitrogens with zero attached hydrogens (tertiary/aromatic N) is 2. The van der Waals surface area contributed by atoms with Gasteiger partial charge in [-0.15, -0.1) is 0 Å². The number of benzene rings is 2. The van der Waals surface area contributed by atoms with Crippen molar-refractivity contribution in [3.8, 4) is 5.69 Å². The minimum absolute atomic E-state index is 0.176. The summed E-state index contributed by atoms with van der Waals surface area (Å²) in [6, 6.07) is 13.7. The Morgan fingerprint density at radius 2 is 1.89 bits per heavy atom. The summed E-state index contributed by atoms with van der Waals surface area (Å²) in [5.74, 6) is -0.176. The summed E-state index contributed by atoms with van der Waals surface area (Å²) < 4.78 is 22.0. The van der Waals surface area contributed by atoms with Gasteiger partial charge in [-0.2, -0.15) is 0 Å². The molecule has 1 saturated heterocycles. The molecule has 0 bridgehead atoms. The lowest BCUT2D eigenvalue weighted by Gasteiger charge is -2.33. The van der Waals surface area contributed by atoms with Crippen LogP contribution in [0.15, 0.2) is 48.7 Å². The molecule has 0 saturated carbocycles. The lowest BCUT2D eigenvalue weighted by Crippen LogP contribution is -2.37. The van der Waals surface area contributed by atoms with Crippen molar-refractivity contribution in [2.24, 2.45) is 5.73 Å². The number of rotatable bonds is 5. The summed E-state index contributed by atoms with van der Waals surface area (Å²) in [5.41, 5.74) is 9.77. The number of ether oxygens (including phenoxy) is 1. The number of hydrogen-bond acceptors (Lipinski definition) is 3. The molecule has 4 rings (SSSR count). The van der Waals surface area contributed by atoms with Crippen LogP contribution in [0.4, 0.5) is 10.1 Å². The zero-order valence-electron chi connectivity index (χ0n) is 15.7. The molecule has 4 nitrogen and oxygen atoms in total. The smallest absolute Gasteiger partial charge is 0.132 e. The maximum Gasteiger partial charge on any atom is 0.132 e. The number of piperidine rings is 1. The van der Waals surface area contributed by atoms with E-state index in [1.54, 1.807) is 0 Å². The van der Waals surface area contributed by atoms with Gasteiger partial charge in [0.05, 0.1) is 18.2 Å². The normalized spacial score (nSPS) is 15.6. The molecule has 0 amide bonds. The molecular weight excluding hydrogens is 341 g/mol. The zero-order valence-corrected chi connectivity index (χ0v) is 15.7. The molecule has 0 aliphatic carbocycles. The fourth-order valence-electron chi connectivity index (χ4n) is 3.96. The highest BCUT2D eigenvalue weighted by Crippen LogP contribution is 2.29. The standard InChI is InChI=1S/C22H26FN3O/c1-16-5-6-21(23)20-9-13-26(22(16)20)18-4-2-3-17(15-18)25-11-7-19(8-12-25)27-14-10-24/h2-6,9,13,15,19H,7-8,10-12,14,24H2,1H3. The second kappa shape index (κ2) is 7.71. The highest BCUT2D eigenvalue weighted by atomic mass is 19.1. The first-order valence-corrected chi connectivity index (χ1v) is 9.60. The molecule has 2 heterocycles. The molecular formula is C22H26FN3O. The van der Waals surface area contributed by atoms with Gasteiger partial charge >= 0.3 is 0 Å². The molecule has 0 radical (unpaired) electrons. The molecule has 27 heavy (non-hydrogen) atoms. The van der Waals surface area contributed by atoms with Crippen molar-refractivity contribution in [1.29, 1.82) is 0 Å². The van der Waals surface area contributed by atoms with Crippen molar-refractivity contribution in [1.82, 2.24) is 4.57 Å². The number of fused-ring (bicyclic) bond motifs is 1. The molecule has 0 spiro atoms. The maximum atomic E-state index is 14.1. The topological polar surface area (TPSA) is 43.4 Å². The molecule has 2 aromatic carbocycles. The first-order chi connectivity index (χ1) is 13.2. The van der Waals surface area contributed by atoms with E-state index in [-0.39, 0.29) is 5.82 Å². The van der Waals surface area contributed by atoms with E-state index in [0.717, 1.165) is 42.7 Å². The summed E-state index contributed by atoms with van der Waals surface area (Å²) in [6.45, 7) is 5.18. The monoisotopic (exact) mass is 367 g/mol. The van der Waals surface area contributed by atoms with Crippen molar-refractivity contribution >= 4 is 16.6 Å². The Hall–Kier alpha value is -2.37. The first kappa shape index (κ1) is 18.0. The third kappa shape index (κ3) is 3.57. The van der Waals surface area contributed by atoms with Crippen molar-refractivity contribution in [3.05, 3.63) is 60.0 Å². The SMILES string of the molecule is Cc1ccc(F)c2ccn(-c3cccc(N4CCC(OCCN)CC4)c3)c12. The third-order valence-corrected chi connectivity index (χ3v) is 5.38. The van der Waals surface area contributed by atoms with Crippen LogP contribution in [0.5, 0.6) is 0 Å². The Balaban J connectivity index is 1.58. The second-order valence-electron chi connectivity index (χ2n) is 7.18. The van der Waals surface area contributed by atoms with E-state index in [0.29, 0.717) is 24.6 Å². The van der Waals surface area contributed by atoms with Gasteiger partial charge in [0.1, 0.15) is 5.82 Å². The summed E-state index contributed by atoms with van der Waals surface area (Å²) in [4.78, 5) is 2.39. The Labute approximate surface area is 159 Å². The molecule has 3 aromatic rings. The fraction of sp³-hybridized carbons (Fsp3) is 0.364. The van der Waals surface area contributed by atoms with Crippen LogP contribution in [0.2, 0.25) is 0 Å². The average molecular weight is 367 g/mol. The largest absolute Gasteiger partial charge is 0.377 e. The maximum absolute atomic E-state index is 14.1. The molecule has 0 unspecified atom stereocenters. The van der Waals surface area contributed by atoms with E-state index in [1.807, 2.05) is 25.3 Å². The molecule has 2 N–H and O–H groups in total. The van der Waals surface area contributed by atoms with E-state index < -0.39 is 0 Å². The van der Waals surface area contributed by atoms with Crippen LogP contribution >= 0.6 is 0 Å². The molecule has 0 atom stereocenters. The van der Waals surface area contributed by atoms with Crippen molar-refractivity contribution in [3.63, 3.8) is 0 Å². The van der Waals surface area contributed by atoms with Gasteiger partial charge < -0.3 is 19.9 Å². The molecule has 142 valence electrons. The molecule has 1 fully saturated rings. The van der Waals surface area contributed by atoms with Crippen molar-refractivity contribution < 1.29 is 9.13 Å². The van der Waals surface area contributed by atoms with E-state index in [9.17, 15) is 4.39 Å². The van der Waals surface area contributed by atoms with Gasteiger partial charge in [-0.25, -0.2) is 4.39 Å². The van der Waals surface area contributed by atoms with E-state index >= 15 is 0 Å². The number of anilines is 1. The molecule has 1 aliphatic rings. The highest BCUT2D eigenvalue weighted by molar-refractivity contribution is 5.85. The van der Waals surface area contributed by atoms with Crippen LogP contribution in [-0.4, -0.2) is 36.9 Å². The number of hydrogen-bond donors (Lipinski definition) is 1. The van der Waals surface area contributed by atoms with Crippen molar-refractivity contribution in [2.45, 2.75) is 25.9 Å². The second-order valence-corrected chi connectivity index (χ2v) is 7.18. The van der Waals surface area contributed by atoms with Gasteiger partial charge in [0.15, 0.2) is 0 Å². The predicted molar refractivity (Wildman–Crippen MR) is 108 cm³/mol. The number of halogens is 1. The van der Waals surface area contributed by atoms with Gasteiger partial charge in [-0.3, -0.25) is 0 Å². The van der Waals surface area contributed by atoms with E-state index in [2.05, 4.69) is 33.7 Å². The van der Waals surface area contributed by atoms with Crippen molar-refractivity contribution in [2.75, 3.05) is 31.1 Å². The first-order valence-electron chi connectivity index (χ1n) is 9.60. The Kier molecular flexibility index (Phi) is 5.14. The molecule has 1 aliphatic heterocycles. The van der Waals surface area contributed by atoms with Crippen LogP contribution in [0.3, 0.4) is 0 Å². The van der Waals surface area contributed by atoms with E-state index in [4.69, 9.17) is 10.5 Å². The van der Waals surface area contributed by atoms with Crippen LogP contribution in [0.1, 0.15) is 18.4 Å².